The minimum absolute atomic E-state index is 0.350. The van der Waals surface area contributed by atoms with E-state index in [2.05, 4.69) is 11.9 Å². The van der Waals surface area contributed by atoms with Gasteiger partial charge >= 0.3 is 0 Å². The van der Waals surface area contributed by atoms with Gasteiger partial charge in [-0.15, -0.1) is 0 Å². The van der Waals surface area contributed by atoms with Crippen molar-refractivity contribution in [2.75, 3.05) is 11.9 Å². The summed E-state index contributed by atoms with van der Waals surface area (Å²) < 4.78 is 0. The van der Waals surface area contributed by atoms with Crippen LogP contribution in [0.4, 0.5) is 5.69 Å². The first-order chi connectivity index (χ1) is 7.59. The molecule has 0 heterocycles. The number of benzene rings is 1. The normalized spacial score (nSPS) is 15.6. The summed E-state index contributed by atoms with van der Waals surface area (Å²) >= 11 is 11.1. The van der Waals surface area contributed by atoms with Crippen molar-refractivity contribution in [3.63, 3.8) is 0 Å². The molecule has 1 fully saturated rings. The van der Waals surface area contributed by atoms with E-state index in [0.29, 0.717) is 16.1 Å². The van der Waals surface area contributed by atoms with Gasteiger partial charge < -0.3 is 10.6 Å². The van der Waals surface area contributed by atoms with Gasteiger partial charge in [0.05, 0.1) is 5.02 Å². The van der Waals surface area contributed by atoms with Crippen molar-refractivity contribution in [2.45, 2.75) is 25.3 Å². The monoisotopic (exact) mass is 254 g/mol. The van der Waals surface area contributed by atoms with Gasteiger partial charge in [-0.1, -0.05) is 23.8 Å². The van der Waals surface area contributed by atoms with Crippen molar-refractivity contribution in [1.29, 1.82) is 0 Å². The molecule has 2 nitrogen and oxygen atoms in total. The number of nitrogens with two attached hydrogens (primary N) is 1. The van der Waals surface area contributed by atoms with E-state index in [1.807, 2.05) is 18.2 Å². The third-order valence-electron chi connectivity index (χ3n) is 3.25. The van der Waals surface area contributed by atoms with Crippen LogP contribution in [-0.4, -0.2) is 18.1 Å². The number of anilines is 1. The Labute approximate surface area is 106 Å². The lowest BCUT2D eigenvalue weighted by Crippen LogP contribution is -2.37. The van der Waals surface area contributed by atoms with E-state index in [1.165, 1.54) is 19.3 Å². The largest absolute Gasteiger partial charge is 0.389 e. The summed E-state index contributed by atoms with van der Waals surface area (Å²) in [6, 6.07) is 6.52. The van der Waals surface area contributed by atoms with Crippen molar-refractivity contribution in [3.8, 4) is 0 Å². The number of hydrogen-bond acceptors (Lipinski definition) is 2. The van der Waals surface area contributed by atoms with Gasteiger partial charge in [-0.2, -0.15) is 0 Å². The van der Waals surface area contributed by atoms with Crippen LogP contribution in [0.5, 0.6) is 0 Å². The van der Waals surface area contributed by atoms with Gasteiger partial charge in [0.15, 0.2) is 0 Å². The molecule has 0 atom stereocenters. The van der Waals surface area contributed by atoms with E-state index >= 15 is 0 Å². The number of nitrogens with zero attached hydrogens (tertiary/aromatic N) is 1. The SMILES string of the molecule is CN(c1ccc(C(N)=S)c(Cl)c1)C1CCC1. The van der Waals surface area contributed by atoms with Crippen molar-refractivity contribution in [1.82, 2.24) is 0 Å². The molecule has 0 radical (unpaired) electrons. The van der Waals surface area contributed by atoms with Crippen LogP contribution in [0.15, 0.2) is 18.2 Å². The highest BCUT2D eigenvalue weighted by Crippen LogP contribution is 2.30. The standard InChI is InChI=1S/C12H15ClN2S/c1-15(8-3-2-4-8)9-5-6-10(12(14)16)11(13)7-9/h5-8H,2-4H2,1H3,(H2,14,16). The van der Waals surface area contributed by atoms with E-state index in [-0.39, 0.29) is 0 Å². The molecule has 2 rings (SSSR count). The second-order valence-electron chi connectivity index (χ2n) is 4.22. The topological polar surface area (TPSA) is 29.3 Å². The molecule has 0 unspecified atom stereocenters. The van der Waals surface area contributed by atoms with Gasteiger partial charge in [-0.05, 0) is 37.5 Å². The third-order valence-corrected chi connectivity index (χ3v) is 3.78. The highest BCUT2D eigenvalue weighted by Gasteiger charge is 2.22. The molecule has 1 aliphatic carbocycles. The number of rotatable bonds is 3. The predicted molar refractivity (Wildman–Crippen MR) is 73.4 cm³/mol. The van der Waals surface area contributed by atoms with E-state index in [1.54, 1.807) is 0 Å². The molecule has 0 aliphatic heterocycles. The second-order valence-corrected chi connectivity index (χ2v) is 5.07. The quantitative estimate of drug-likeness (QED) is 0.841. The van der Waals surface area contributed by atoms with E-state index in [9.17, 15) is 0 Å². The molecular formula is C12H15ClN2S. The fourth-order valence-electron chi connectivity index (χ4n) is 1.91. The lowest BCUT2D eigenvalue weighted by molar-refractivity contribution is 0.401. The molecule has 0 spiro atoms. The highest BCUT2D eigenvalue weighted by atomic mass is 35.5. The Hall–Kier alpha value is -0.800. The Balaban J connectivity index is 2.22. The average molecular weight is 255 g/mol. The highest BCUT2D eigenvalue weighted by molar-refractivity contribution is 7.80. The first-order valence-electron chi connectivity index (χ1n) is 5.42. The van der Waals surface area contributed by atoms with E-state index in [4.69, 9.17) is 29.6 Å². The summed E-state index contributed by atoms with van der Waals surface area (Å²) in [5, 5.41) is 0.635. The molecule has 4 heteroatoms. The zero-order valence-corrected chi connectivity index (χ0v) is 10.8. The minimum Gasteiger partial charge on any atom is -0.389 e. The lowest BCUT2D eigenvalue weighted by Gasteiger charge is -2.36. The van der Waals surface area contributed by atoms with Gasteiger partial charge in [0.2, 0.25) is 0 Å². The fourth-order valence-corrected chi connectivity index (χ4v) is 2.42. The first kappa shape index (κ1) is 11.7. The van der Waals surface area contributed by atoms with E-state index in [0.717, 1.165) is 11.3 Å². The van der Waals surface area contributed by atoms with Gasteiger partial charge in [-0.25, -0.2) is 0 Å². The molecule has 16 heavy (non-hydrogen) atoms. The van der Waals surface area contributed by atoms with Crippen molar-refractivity contribution in [2.24, 2.45) is 5.73 Å². The van der Waals surface area contributed by atoms with E-state index < -0.39 is 0 Å². The maximum Gasteiger partial charge on any atom is 0.105 e. The Morgan fingerprint density at radius 1 is 1.50 bits per heavy atom. The summed E-state index contributed by atoms with van der Waals surface area (Å²) in [7, 11) is 2.11. The number of halogens is 1. The Morgan fingerprint density at radius 3 is 2.62 bits per heavy atom. The third kappa shape index (κ3) is 2.15. The molecular weight excluding hydrogens is 240 g/mol. The average Bonchev–Trinajstić information content (AvgIpc) is 2.14. The minimum atomic E-state index is 0.350. The molecule has 2 N–H and O–H groups in total. The molecule has 0 bridgehead atoms. The van der Waals surface area contributed by atoms with Crippen LogP contribution in [0.25, 0.3) is 0 Å². The van der Waals surface area contributed by atoms with Crippen LogP contribution in [0.2, 0.25) is 5.02 Å². The fraction of sp³-hybridized carbons (Fsp3) is 0.417. The van der Waals surface area contributed by atoms with Crippen LogP contribution >= 0.6 is 23.8 Å². The lowest BCUT2D eigenvalue weighted by atomic mass is 9.91. The van der Waals surface area contributed by atoms with Crippen LogP contribution in [0.3, 0.4) is 0 Å². The molecule has 1 aliphatic rings. The molecule has 0 amide bonds. The Kier molecular flexibility index (Phi) is 3.36. The Bertz CT molecular complexity index is 415. The molecule has 0 aromatic heterocycles. The summed E-state index contributed by atoms with van der Waals surface area (Å²) in [5.74, 6) is 0. The second kappa shape index (κ2) is 4.60. The van der Waals surface area contributed by atoms with Crippen molar-refractivity contribution in [3.05, 3.63) is 28.8 Å². The summed E-state index contributed by atoms with van der Waals surface area (Å²) in [6.07, 6.45) is 3.87. The predicted octanol–water partition coefficient (Wildman–Crippen LogP) is 2.96. The molecule has 86 valence electrons. The van der Waals surface area contributed by atoms with Gasteiger partial charge in [0.25, 0.3) is 0 Å². The molecule has 1 aromatic carbocycles. The zero-order valence-electron chi connectivity index (χ0n) is 9.24. The van der Waals surface area contributed by atoms with Crippen molar-refractivity contribution < 1.29 is 0 Å². The molecule has 1 aromatic rings. The number of hydrogen-bond donors (Lipinski definition) is 1. The van der Waals surface area contributed by atoms with Crippen LogP contribution < -0.4 is 10.6 Å². The van der Waals surface area contributed by atoms with Crippen LogP contribution in [-0.2, 0) is 0 Å². The van der Waals surface area contributed by atoms with Gasteiger partial charge in [-0.3, -0.25) is 0 Å². The Morgan fingerprint density at radius 2 is 2.19 bits per heavy atom. The first-order valence-corrected chi connectivity index (χ1v) is 6.20. The molecule has 0 saturated heterocycles. The van der Waals surface area contributed by atoms with Gasteiger partial charge in [0, 0.05) is 24.3 Å². The summed E-state index contributed by atoms with van der Waals surface area (Å²) in [6.45, 7) is 0. The molecule has 1 saturated carbocycles. The van der Waals surface area contributed by atoms with Crippen LogP contribution in [0.1, 0.15) is 24.8 Å². The summed E-state index contributed by atoms with van der Waals surface area (Å²) in [4.78, 5) is 2.63. The van der Waals surface area contributed by atoms with Gasteiger partial charge in [0.1, 0.15) is 4.99 Å². The number of thiocarbonyl (C=S) groups is 1. The zero-order chi connectivity index (χ0) is 11.7. The van der Waals surface area contributed by atoms with Crippen LogP contribution in [0, 0.1) is 0 Å². The summed E-state index contributed by atoms with van der Waals surface area (Å²) in [5.41, 5.74) is 7.46. The smallest absolute Gasteiger partial charge is 0.105 e. The maximum absolute atomic E-state index is 6.14. The van der Waals surface area contributed by atoms with Crippen molar-refractivity contribution >= 4 is 34.5 Å². The maximum atomic E-state index is 6.14.